The molecule has 2 aromatic rings. The smallest absolute Gasteiger partial charge is 0.238 e. The minimum atomic E-state index is -0.244. The van der Waals surface area contributed by atoms with Crippen molar-refractivity contribution in [1.82, 2.24) is 0 Å². The molecule has 30 heavy (non-hydrogen) atoms. The molecule has 6 nitrogen and oxygen atoms in total. The number of carbonyl (C=O) groups excluding carboxylic acids is 3. The number of rotatable bonds is 6. The second kappa shape index (κ2) is 7.13. The van der Waals surface area contributed by atoms with Gasteiger partial charge in [-0.15, -0.1) is 0 Å². The van der Waals surface area contributed by atoms with E-state index >= 15 is 0 Å². The summed E-state index contributed by atoms with van der Waals surface area (Å²) in [5.74, 6) is 0.425. The van der Waals surface area contributed by atoms with Crippen molar-refractivity contribution < 1.29 is 23.9 Å². The van der Waals surface area contributed by atoms with Crippen LogP contribution in [0.1, 0.15) is 16.8 Å². The van der Waals surface area contributed by atoms with Gasteiger partial charge in [-0.1, -0.05) is 30.4 Å². The molecule has 2 fully saturated rings. The summed E-state index contributed by atoms with van der Waals surface area (Å²) in [5, 5.41) is 0. The maximum absolute atomic E-state index is 13.0. The van der Waals surface area contributed by atoms with Gasteiger partial charge in [-0.2, -0.15) is 0 Å². The van der Waals surface area contributed by atoms with Crippen molar-refractivity contribution in [3.63, 3.8) is 0 Å². The molecular weight excluding hydrogens is 382 g/mol. The van der Waals surface area contributed by atoms with Gasteiger partial charge < -0.3 is 9.47 Å². The topological polar surface area (TPSA) is 72.9 Å². The van der Waals surface area contributed by atoms with E-state index in [2.05, 4.69) is 12.2 Å². The number of imide groups is 1. The van der Waals surface area contributed by atoms with Crippen LogP contribution < -0.4 is 14.4 Å². The summed E-state index contributed by atoms with van der Waals surface area (Å²) in [6, 6.07) is 13.7. The lowest BCUT2D eigenvalue weighted by Gasteiger charge is -2.18. The molecule has 0 spiro atoms. The van der Waals surface area contributed by atoms with Gasteiger partial charge in [0.1, 0.15) is 11.5 Å². The average Bonchev–Trinajstić information content (AvgIpc) is 3.46. The molecule has 2 bridgehead atoms. The van der Waals surface area contributed by atoms with E-state index in [4.69, 9.17) is 9.47 Å². The number of methoxy groups -OCH3 is 1. The number of hydrogen-bond acceptors (Lipinski definition) is 5. The molecule has 152 valence electrons. The zero-order valence-electron chi connectivity index (χ0n) is 16.5. The predicted octanol–water partition coefficient (Wildman–Crippen LogP) is 3.27. The van der Waals surface area contributed by atoms with Gasteiger partial charge >= 0.3 is 0 Å². The van der Waals surface area contributed by atoms with Crippen molar-refractivity contribution in [3.8, 4) is 11.5 Å². The molecule has 1 saturated heterocycles. The van der Waals surface area contributed by atoms with Crippen molar-refractivity contribution in [3.05, 3.63) is 66.2 Å². The summed E-state index contributed by atoms with van der Waals surface area (Å²) >= 11 is 0. The molecular formula is C24H21NO5. The van der Waals surface area contributed by atoms with E-state index in [1.807, 2.05) is 0 Å². The number of nitrogens with zero attached hydrogens (tertiary/aromatic N) is 1. The maximum atomic E-state index is 13.0. The summed E-state index contributed by atoms with van der Waals surface area (Å²) in [7, 11) is 1.54. The third-order valence-corrected chi connectivity index (χ3v) is 6.31. The highest BCUT2D eigenvalue weighted by Gasteiger charge is 2.59. The SMILES string of the molecule is COc1cccc(C(=O)COc2cccc(N3C(=O)[C@@H]4[C@H](C3=O)[C@@H]3C=C[C@@H]4C3)c2)c1. The molecule has 1 aliphatic heterocycles. The fourth-order valence-corrected chi connectivity index (χ4v) is 4.90. The minimum absolute atomic E-state index is 0.133. The van der Waals surface area contributed by atoms with E-state index in [9.17, 15) is 14.4 Å². The molecule has 2 amide bonds. The van der Waals surface area contributed by atoms with Crippen molar-refractivity contribution in [2.75, 3.05) is 18.6 Å². The standard InChI is InChI=1S/C24H21NO5/c1-29-18-6-2-4-14(11-18)20(26)13-30-19-7-3-5-17(12-19)25-23(27)21-15-8-9-16(10-15)22(21)24(25)28/h2-9,11-12,15-16,21-22H,10,13H2,1H3/t15-,16-,21-,22+/m1/s1. The first-order valence-corrected chi connectivity index (χ1v) is 10.0. The fourth-order valence-electron chi connectivity index (χ4n) is 4.90. The summed E-state index contributed by atoms with van der Waals surface area (Å²) in [6.07, 6.45) is 5.05. The highest BCUT2D eigenvalue weighted by Crippen LogP contribution is 2.53. The van der Waals surface area contributed by atoms with Crippen LogP contribution >= 0.6 is 0 Å². The average molecular weight is 403 g/mol. The molecule has 0 aromatic heterocycles. The summed E-state index contributed by atoms with van der Waals surface area (Å²) in [6.45, 7) is -0.155. The van der Waals surface area contributed by atoms with Crippen molar-refractivity contribution in [2.24, 2.45) is 23.7 Å². The number of benzene rings is 2. The highest BCUT2D eigenvalue weighted by atomic mass is 16.5. The van der Waals surface area contributed by atoms with Crippen LogP contribution in [0.25, 0.3) is 0 Å². The molecule has 2 aromatic carbocycles. The Morgan fingerprint density at radius 1 is 0.967 bits per heavy atom. The third-order valence-electron chi connectivity index (χ3n) is 6.31. The Bertz CT molecular complexity index is 1040. The molecule has 3 aliphatic rings. The Morgan fingerprint density at radius 2 is 1.63 bits per heavy atom. The Labute approximate surface area is 174 Å². The minimum Gasteiger partial charge on any atom is -0.497 e. The monoisotopic (exact) mass is 403 g/mol. The quantitative estimate of drug-likeness (QED) is 0.421. The van der Waals surface area contributed by atoms with Gasteiger partial charge in [-0.25, -0.2) is 4.90 Å². The lowest BCUT2D eigenvalue weighted by molar-refractivity contribution is -0.123. The van der Waals surface area contributed by atoms with E-state index in [0.717, 1.165) is 6.42 Å². The molecule has 0 N–H and O–H groups in total. The summed E-state index contributed by atoms with van der Waals surface area (Å²) in [5.41, 5.74) is 0.983. The van der Waals surface area contributed by atoms with E-state index in [-0.39, 0.29) is 47.9 Å². The van der Waals surface area contributed by atoms with Crippen LogP contribution in [0.15, 0.2) is 60.7 Å². The third kappa shape index (κ3) is 2.91. The summed E-state index contributed by atoms with van der Waals surface area (Å²) in [4.78, 5) is 39.7. The van der Waals surface area contributed by atoms with E-state index in [1.165, 1.54) is 4.90 Å². The van der Waals surface area contributed by atoms with Gasteiger partial charge in [0.05, 0.1) is 24.6 Å². The van der Waals surface area contributed by atoms with E-state index in [1.54, 1.807) is 55.6 Å². The highest BCUT2D eigenvalue weighted by molar-refractivity contribution is 6.22. The number of ether oxygens (including phenoxy) is 2. The van der Waals surface area contributed by atoms with E-state index < -0.39 is 0 Å². The Morgan fingerprint density at radius 3 is 2.33 bits per heavy atom. The van der Waals surface area contributed by atoms with Crippen LogP contribution in [0.4, 0.5) is 5.69 Å². The molecule has 0 unspecified atom stereocenters. The van der Waals surface area contributed by atoms with Crippen LogP contribution in [0.3, 0.4) is 0 Å². The number of amides is 2. The Kier molecular flexibility index (Phi) is 4.42. The lowest BCUT2D eigenvalue weighted by atomic mass is 9.85. The van der Waals surface area contributed by atoms with Gasteiger partial charge in [0.15, 0.2) is 12.4 Å². The van der Waals surface area contributed by atoms with E-state index in [0.29, 0.717) is 22.7 Å². The number of allylic oxidation sites excluding steroid dienone is 2. The fraction of sp³-hybridized carbons (Fsp3) is 0.292. The number of Topliss-reactive ketones (excluding diaryl/α,β-unsaturated/α-hetero) is 1. The molecule has 1 saturated carbocycles. The zero-order valence-corrected chi connectivity index (χ0v) is 16.5. The number of anilines is 1. The van der Waals surface area contributed by atoms with Gasteiger partial charge in [-0.05, 0) is 42.5 Å². The largest absolute Gasteiger partial charge is 0.497 e. The first kappa shape index (κ1) is 18.6. The van der Waals surface area contributed by atoms with Crippen LogP contribution in [-0.2, 0) is 9.59 Å². The maximum Gasteiger partial charge on any atom is 0.238 e. The van der Waals surface area contributed by atoms with Gasteiger partial charge in [0, 0.05) is 11.6 Å². The molecule has 5 rings (SSSR count). The molecule has 6 heteroatoms. The molecule has 1 heterocycles. The first-order valence-electron chi connectivity index (χ1n) is 10.0. The number of hydrogen-bond donors (Lipinski definition) is 0. The molecule has 4 atom stereocenters. The Hall–Kier alpha value is -3.41. The number of ketones is 1. The van der Waals surface area contributed by atoms with Gasteiger partial charge in [0.25, 0.3) is 0 Å². The molecule has 2 aliphatic carbocycles. The summed E-state index contributed by atoms with van der Waals surface area (Å²) < 4.78 is 10.8. The van der Waals surface area contributed by atoms with Crippen molar-refractivity contribution in [1.29, 1.82) is 0 Å². The van der Waals surface area contributed by atoms with Crippen LogP contribution in [0, 0.1) is 23.7 Å². The zero-order chi connectivity index (χ0) is 20.8. The van der Waals surface area contributed by atoms with Gasteiger partial charge in [0.2, 0.25) is 11.8 Å². The van der Waals surface area contributed by atoms with Crippen molar-refractivity contribution >= 4 is 23.3 Å². The lowest BCUT2D eigenvalue weighted by Crippen LogP contribution is -2.32. The van der Waals surface area contributed by atoms with Gasteiger partial charge in [-0.3, -0.25) is 14.4 Å². The number of carbonyl (C=O) groups is 3. The number of fused-ring (bicyclic) bond motifs is 5. The second-order valence-electron chi connectivity index (χ2n) is 7.95. The molecule has 0 radical (unpaired) electrons. The van der Waals surface area contributed by atoms with Crippen LogP contribution in [0.5, 0.6) is 11.5 Å². The van der Waals surface area contributed by atoms with Crippen molar-refractivity contribution in [2.45, 2.75) is 6.42 Å². The second-order valence-corrected chi connectivity index (χ2v) is 7.95. The predicted molar refractivity (Wildman–Crippen MR) is 109 cm³/mol. The normalized spacial score (nSPS) is 26.2. The van der Waals surface area contributed by atoms with Crippen LogP contribution in [0.2, 0.25) is 0 Å². The van der Waals surface area contributed by atoms with Crippen LogP contribution in [-0.4, -0.2) is 31.3 Å². The first-order chi connectivity index (χ1) is 14.6. The Balaban J connectivity index is 1.31.